The van der Waals surface area contributed by atoms with Gasteiger partial charge in [-0.05, 0) is 44.1 Å². The minimum Gasteiger partial charge on any atom is -0.411 e. The topological polar surface area (TPSA) is 32.6 Å². The molecule has 0 bridgehead atoms. The van der Waals surface area contributed by atoms with Crippen molar-refractivity contribution in [2.45, 2.75) is 38.5 Å². The van der Waals surface area contributed by atoms with Gasteiger partial charge in [0.2, 0.25) is 0 Å². The summed E-state index contributed by atoms with van der Waals surface area (Å²) in [6, 6.07) is 8.79. The lowest BCUT2D eigenvalue weighted by Gasteiger charge is -2.22. The van der Waals surface area contributed by atoms with Crippen LogP contribution in [0.5, 0.6) is 0 Å². The Kier molecular flexibility index (Phi) is 3.05. The molecule has 2 rings (SSSR count). The lowest BCUT2D eigenvalue weighted by atomic mass is 9.83. The third-order valence-corrected chi connectivity index (χ3v) is 3.25. The number of rotatable bonds is 1. The van der Waals surface area contributed by atoms with E-state index in [0.29, 0.717) is 5.92 Å². The minimum absolute atomic E-state index is 0.649. The second-order valence-corrected chi connectivity index (χ2v) is 4.35. The molecule has 1 aliphatic rings. The van der Waals surface area contributed by atoms with Gasteiger partial charge in [-0.3, -0.25) is 0 Å². The van der Waals surface area contributed by atoms with E-state index in [9.17, 15) is 0 Å². The van der Waals surface area contributed by atoms with Crippen LogP contribution in [0.1, 0.15) is 42.7 Å². The monoisotopic (exact) mass is 203 g/mol. The molecule has 0 amide bonds. The SMILES string of the molecule is Cc1ccc(C2CCC(=NO)CC2)cc1. The molecule has 0 aliphatic heterocycles. The van der Waals surface area contributed by atoms with Crippen molar-refractivity contribution in [1.29, 1.82) is 0 Å². The molecule has 15 heavy (non-hydrogen) atoms. The van der Waals surface area contributed by atoms with Gasteiger partial charge in [0.05, 0.1) is 5.71 Å². The van der Waals surface area contributed by atoms with Crippen LogP contribution in [-0.2, 0) is 0 Å². The zero-order valence-electron chi connectivity index (χ0n) is 9.11. The molecular weight excluding hydrogens is 186 g/mol. The Morgan fingerprint density at radius 1 is 1.13 bits per heavy atom. The molecule has 2 heteroatoms. The standard InChI is InChI=1S/C13H17NO/c1-10-2-4-11(5-3-10)12-6-8-13(14-15)9-7-12/h2-5,12,15H,6-9H2,1H3. The Balaban J connectivity index is 2.04. The van der Waals surface area contributed by atoms with Gasteiger partial charge in [-0.2, -0.15) is 0 Å². The molecule has 0 unspecified atom stereocenters. The van der Waals surface area contributed by atoms with Crippen molar-refractivity contribution >= 4 is 5.71 Å². The number of oxime groups is 1. The summed E-state index contributed by atoms with van der Waals surface area (Å²) in [5.74, 6) is 0.649. The fourth-order valence-corrected chi connectivity index (χ4v) is 2.22. The fourth-order valence-electron chi connectivity index (χ4n) is 2.22. The molecule has 0 radical (unpaired) electrons. The lowest BCUT2D eigenvalue weighted by Crippen LogP contribution is -2.12. The Hall–Kier alpha value is -1.31. The molecule has 0 saturated heterocycles. The molecule has 0 spiro atoms. The molecule has 1 aliphatic carbocycles. The van der Waals surface area contributed by atoms with E-state index in [1.807, 2.05) is 0 Å². The predicted molar refractivity (Wildman–Crippen MR) is 61.6 cm³/mol. The maximum Gasteiger partial charge on any atom is 0.0571 e. The second kappa shape index (κ2) is 4.47. The van der Waals surface area contributed by atoms with E-state index in [1.54, 1.807) is 0 Å². The van der Waals surface area contributed by atoms with Gasteiger partial charge < -0.3 is 5.21 Å². The van der Waals surface area contributed by atoms with Crippen LogP contribution >= 0.6 is 0 Å². The third kappa shape index (κ3) is 2.38. The maximum atomic E-state index is 8.67. The number of aryl methyl sites for hydroxylation is 1. The van der Waals surface area contributed by atoms with Crippen LogP contribution in [0.2, 0.25) is 0 Å². The molecule has 0 heterocycles. The molecule has 1 aromatic rings. The largest absolute Gasteiger partial charge is 0.411 e. The highest BCUT2D eigenvalue weighted by Crippen LogP contribution is 2.31. The number of hydrogen-bond acceptors (Lipinski definition) is 2. The normalized spacial score (nSPS) is 21.4. The van der Waals surface area contributed by atoms with Crippen molar-refractivity contribution in [1.82, 2.24) is 0 Å². The zero-order chi connectivity index (χ0) is 10.7. The molecule has 0 aromatic heterocycles. The summed E-state index contributed by atoms with van der Waals surface area (Å²) in [7, 11) is 0. The minimum atomic E-state index is 0.649. The summed E-state index contributed by atoms with van der Waals surface area (Å²) in [4.78, 5) is 0. The van der Waals surface area contributed by atoms with Gasteiger partial charge in [0.15, 0.2) is 0 Å². The number of nitrogens with zero attached hydrogens (tertiary/aromatic N) is 1. The molecule has 0 atom stereocenters. The highest BCUT2D eigenvalue weighted by molar-refractivity contribution is 5.84. The van der Waals surface area contributed by atoms with E-state index in [2.05, 4.69) is 36.3 Å². The maximum absolute atomic E-state index is 8.67. The van der Waals surface area contributed by atoms with Crippen LogP contribution < -0.4 is 0 Å². The number of hydrogen-bond donors (Lipinski definition) is 1. The average molecular weight is 203 g/mol. The van der Waals surface area contributed by atoms with E-state index < -0.39 is 0 Å². The van der Waals surface area contributed by atoms with Gasteiger partial charge in [0.1, 0.15) is 0 Å². The molecular formula is C13H17NO. The van der Waals surface area contributed by atoms with Gasteiger partial charge in [0.25, 0.3) is 0 Å². The average Bonchev–Trinajstić information content (AvgIpc) is 2.30. The first-order valence-corrected chi connectivity index (χ1v) is 5.56. The summed E-state index contributed by atoms with van der Waals surface area (Å²) < 4.78 is 0. The van der Waals surface area contributed by atoms with Gasteiger partial charge in [-0.15, -0.1) is 0 Å². The Morgan fingerprint density at radius 2 is 1.73 bits per heavy atom. The molecule has 2 nitrogen and oxygen atoms in total. The van der Waals surface area contributed by atoms with Crippen LogP contribution in [0.25, 0.3) is 0 Å². The van der Waals surface area contributed by atoms with Crippen LogP contribution in [0.15, 0.2) is 29.4 Å². The lowest BCUT2D eigenvalue weighted by molar-refractivity contribution is 0.313. The van der Waals surface area contributed by atoms with Crippen molar-refractivity contribution in [2.24, 2.45) is 5.16 Å². The van der Waals surface area contributed by atoms with Gasteiger partial charge >= 0.3 is 0 Å². The van der Waals surface area contributed by atoms with Crippen molar-refractivity contribution in [3.8, 4) is 0 Å². The summed E-state index contributed by atoms with van der Waals surface area (Å²) >= 11 is 0. The second-order valence-electron chi connectivity index (χ2n) is 4.35. The van der Waals surface area contributed by atoms with Crippen LogP contribution in [0.4, 0.5) is 0 Å². The van der Waals surface area contributed by atoms with E-state index in [0.717, 1.165) is 31.4 Å². The highest BCUT2D eigenvalue weighted by Gasteiger charge is 2.19. The zero-order valence-corrected chi connectivity index (χ0v) is 9.11. The van der Waals surface area contributed by atoms with E-state index in [1.165, 1.54) is 11.1 Å². The predicted octanol–water partition coefficient (Wildman–Crippen LogP) is 3.48. The summed E-state index contributed by atoms with van der Waals surface area (Å²) in [6.07, 6.45) is 4.11. The summed E-state index contributed by atoms with van der Waals surface area (Å²) in [5, 5.41) is 12.0. The third-order valence-electron chi connectivity index (χ3n) is 3.25. The first kappa shape index (κ1) is 10.2. The summed E-state index contributed by atoms with van der Waals surface area (Å²) in [5.41, 5.74) is 3.70. The van der Waals surface area contributed by atoms with E-state index in [4.69, 9.17) is 5.21 Å². The van der Waals surface area contributed by atoms with Crippen molar-refractivity contribution in [2.75, 3.05) is 0 Å². The van der Waals surface area contributed by atoms with Gasteiger partial charge in [-0.1, -0.05) is 35.0 Å². The van der Waals surface area contributed by atoms with Gasteiger partial charge in [-0.25, -0.2) is 0 Å². The van der Waals surface area contributed by atoms with Crippen LogP contribution in [0.3, 0.4) is 0 Å². The smallest absolute Gasteiger partial charge is 0.0571 e. The molecule has 80 valence electrons. The first-order valence-electron chi connectivity index (χ1n) is 5.56. The molecule has 1 saturated carbocycles. The molecule has 1 N–H and O–H groups in total. The Labute approximate surface area is 90.6 Å². The first-order chi connectivity index (χ1) is 7.29. The quantitative estimate of drug-likeness (QED) is 0.550. The Bertz CT molecular complexity index is 343. The van der Waals surface area contributed by atoms with Gasteiger partial charge in [0, 0.05) is 0 Å². The van der Waals surface area contributed by atoms with Crippen molar-refractivity contribution in [3.63, 3.8) is 0 Å². The molecule has 1 fully saturated rings. The highest BCUT2D eigenvalue weighted by atomic mass is 16.4. The van der Waals surface area contributed by atoms with Crippen LogP contribution in [-0.4, -0.2) is 10.9 Å². The molecule has 1 aromatic carbocycles. The van der Waals surface area contributed by atoms with E-state index >= 15 is 0 Å². The van der Waals surface area contributed by atoms with E-state index in [-0.39, 0.29) is 0 Å². The fraction of sp³-hybridized carbons (Fsp3) is 0.462. The van der Waals surface area contributed by atoms with Crippen LogP contribution in [0, 0.1) is 6.92 Å². The Morgan fingerprint density at radius 3 is 2.27 bits per heavy atom. The van der Waals surface area contributed by atoms with Crippen molar-refractivity contribution in [3.05, 3.63) is 35.4 Å². The summed E-state index contributed by atoms with van der Waals surface area (Å²) in [6.45, 7) is 2.11. The number of benzene rings is 1. The van der Waals surface area contributed by atoms with Crippen molar-refractivity contribution < 1.29 is 5.21 Å².